The molecule has 0 aliphatic rings. The van der Waals surface area contributed by atoms with E-state index in [1.54, 1.807) is 0 Å². The van der Waals surface area contributed by atoms with E-state index in [1.165, 1.54) is 60.0 Å². The van der Waals surface area contributed by atoms with Crippen LogP contribution in [0.2, 0.25) is 0 Å². The molecule has 0 N–H and O–H groups in total. The first-order chi connectivity index (χ1) is 27.2. The number of hydrogen-bond acceptors (Lipinski definition) is 2. The van der Waals surface area contributed by atoms with Crippen molar-refractivity contribution < 1.29 is 0 Å². The summed E-state index contributed by atoms with van der Waals surface area (Å²) in [5, 5.41) is 8.46. The molecule has 0 saturated heterocycles. The van der Waals surface area contributed by atoms with Crippen LogP contribution >= 0.6 is 0 Å². The predicted octanol–water partition coefficient (Wildman–Crippen LogP) is 13.7. The molecule has 0 amide bonds. The Labute approximate surface area is 318 Å². The van der Waals surface area contributed by atoms with Gasteiger partial charge in [-0.3, -0.25) is 0 Å². The molecule has 0 fully saturated rings. The summed E-state index contributed by atoms with van der Waals surface area (Å²) < 4.78 is 2.37. The monoisotopic (exact) mass is 699 g/mol. The third-order valence-electron chi connectivity index (χ3n) is 11.0. The maximum Gasteiger partial charge on any atom is 0.160 e. The molecule has 0 atom stereocenters. The van der Waals surface area contributed by atoms with E-state index in [2.05, 4.69) is 205 Å². The lowest BCUT2D eigenvalue weighted by atomic mass is 9.97. The summed E-state index contributed by atoms with van der Waals surface area (Å²) >= 11 is 0. The van der Waals surface area contributed by atoms with E-state index in [4.69, 9.17) is 9.97 Å². The lowest BCUT2D eigenvalue weighted by molar-refractivity contribution is 1.17. The van der Waals surface area contributed by atoms with E-state index in [0.29, 0.717) is 5.82 Å². The summed E-state index contributed by atoms with van der Waals surface area (Å²) in [5.41, 5.74) is 12.0. The second-order valence-electron chi connectivity index (χ2n) is 14.2. The predicted molar refractivity (Wildman–Crippen MR) is 231 cm³/mol. The van der Waals surface area contributed by atoms with Crippen molar-refractivity contribution in [2.75, 3.05) is 0 Å². The summed E-state index contributed by atoms with van der Waals surface area (Å²) in [5.74, 6) is 0.702. The van der Waals surface area contributed by atoms with Crippen LogP contribution in [-0.4, -0.2) is 14.5 Å². The van der Waals surface area contributed by atoms with Gasteiger partial charge in [0.05, 0.1) is 22.2 Å². The van der Waals surface area contributed by atoms with Crippen molar-refractivity contribution in [3.63, 3.8) is 0 Å². The summed E-state index contributed by atoms with van der Waals surface area (Å²) in [6.07, 6.45) is 0. The molecule has 0 bridgehead atoms. The van der Waals surface area contributed by atoms with Gasteiger partial charge in [-0.25, -0.2) is 9.97 Å². The molecule has 0 unspecified atom stereocenters. The fraction of sp³-hybridized carbons (Fsp3) is 0. The Kier molecular flexibility index (Phi) is 7.17. The quantitative estimate of drug-likeness (QED) is 0.179. The normalized spacial score (nSPS) is 11.6. The van der Waals surface area contributed by atoms with Crippen LogP contribution in [0.15, 0.2) is 200 Å². The van der Waals surface area contributed by atoms with Gasteiger partial charge in [-0.05, 0) is 104 Å². The number of para-hydroxylation sites is 1. The largest absolute Gasteiger partial charge is 0.309 e. The molecular weight excluding hydrogens is 667 g/mol. The summed E-state index contributed by atoms with van der Waals surface area (Å²) in [6, 6.07) is 71.6. The fourth-order valence-corrected chi connectivity index (χ4v) is 8.17. The van der Waals surface area contributed by atoms with Crippen molar-refractivity contribution in [3.05, 3.63) is 200 Å². The highest BCUT2D eigenvalue weighted by Crippen LogP contribution is 2.37. The molecule has 9 aromatic carbocycles. The molecule has 11 rings (SSSR count). The fourth-order valence-electron chi connectivity index (χ4n) is 8.17. The minimum Gasteiger partial charge on any atom is -0.309 e. The molecule has 3 heteroatoms. The molecule has 11 aromatic rings. The summed E-state index contributed by atoms with van der Waals surface area (Å²) in [4.78, 5) is 10.5. The first-order valence-electron chi connectivity index (χ1n) is 18.7. The van der Waals surface area contributed by atoms with Crippen molar-refractivity contribution in [3.8, 4) is 50.6 Å². The number of rotatable bonds is 5. The van der Waals surface area contributed by atoms with Crippen LogP contribution in [0.25, 0.3) is 105 Å². The van der Waals surface area contributed by atoms with Gasteiger partial charge in [0.15, 0.2) is 5.82 Å². The SMILES string of the molecule is c1ccc(-c2ccc(-c3nc(-c4ccc(-n5c6ccccc6c6cc7ccccc7cc65)cc4)nc4ccc(-c5ccc6ccccc6c5)cc34)cc2)cc1. The van der Waals surface area contributed by atoms with Crippen LogP contribution in [0.5, 0.6) is 0 Å². The maximum atomic E-state index is 5.34. The Morgan fingerprint density at radius 1 is 0.309 bits per heavy atom. The van der Waals surface area contributed by atoms with Crippen LogP contribution in [0.1, 0.15) is 0 Å². The third kappa shape index (κ3) is 5.36. The molecule has 0 aliphatic carbocycles. The first kappa shape index (κ1) is 31.2. The Balaban J connectivity index is 1.05. The van der Waals surface area contributed by atoms with Gasteiger partial charge in [0.25, 0.3) is 0 Å². The molecule has 0 radical (unpaired) electrons. The molecule has 0 saturated carbocycles. The van der Waals surface area contributed by atoms with E-state index in [0.717, 1.165) is 39.0 Å². The van der Waals surface area contributed by atoms with Crippen LogP contribution in [0, 0.1) is 0 Å². The highest BCUT2D eigenvalue weighted by molar-refractivity contribution is 6.13. The smallest absolute Gasteiger partial charge is 0.160 e. The van der Waals surface area contributed by atoms with Gasteiger partial charge in [0, 0.05) is 33.0 Å². The van der Waals surface area contributed by atoms with Gasteiger partial charge >= 0.3 is 0 Å². The topological polar surface area (TPSA) is 30.7 Å². The number of hydrogen-bond donors (Lipinski definition) is 0. The first-order valence-corrected chi connectivity index (χ1v) is 18.7. The van der Waals surface area contributed by atoms with Crippen molar-refractivity contribution in [1.82, 2.24) is 14.5 Å². The van der Waals surface area contributed by atoms with Gasteiger partial charge < -0.3 is 4.57 Å². The van der Waals surface area contributed by atoms with Gasteiger partial charge in [-0.1, -0.05) is 140 Å². The second kappa shape index (κ2) is 12.6. The molecule has 55 heavy (non-hydrogen) atoms. The number of aromatic nitrogens is 3. The van der Waals surface area contributed by atoms with E-state index in [-0.39, 0.29) is 0 Å². The number of benzene rings is 9. The Bertz CT molecular complexity index is 3230. The van der Waals surface area contributed by atoms with Crippen LogP contribution in [-0.2, 0) is 0 Å². The van der Waals surface area contributed by atoms with Gasteiger partial charge in [0.2, 0.25) is 0 Å². The zero-order chi connectivity index (χ0) is 36.3. The lowest BCUT2D eigenvalue weighted by Crippen LogP contribution is -1.97. The molecule has 3 nitrogen and oxygen atoms in total. The third-order valence-corrected chi connectivity index (χ3v) is 11.0. The molecular formula is C52H33N3. The van der Waals surface area contributed by atoms with E-state index < -0.39 is 0 Å². The van der Waals surface area contributed by atoms with Crippen molar-refractivity contribution in [2.24, 2.45) is 0 Å². The zero-order valence-corrected chi connectivity index (χ0v) is 29.9. The van der Waals surface area contributed by atoms with E-state index in [1.807, 2.05) is 0 Å². The lowest BCUT2D eigenvalue weighted by Gasteiger charge is -2.13. The van der Waals surface area contributed by atoms with Crippen molar-refractivity contribution in [2.45, 2.75) is 0 Å². The van der Waals surface area contributed by atoms with Gasteiger partial charge in [-0.2, -0.15) is 0 Å². The van der Waals surface area contributed by atoms with Crippen LogP contribution in [0.3, 0.4) is 0 Å². The second-order valence-corrected chi connectivity index (χ2v) is 14.2. The molecule has 256 valence electrons. The summed E-state index contributed by atoms with van der Waals surface area (Å²) in [6.45, 7) is 0. The molecule has 0 spiro atoms. The Morgan fingerprint density at radius 2 is 0.891 bits per heavy atom. The highest BCUT2D eigenvalue weighted by Gasteiger charge is 2.16. The number of fused-ring (bicyclic) bond motifs is 6. The Morgan fingerprint density at radius 3 is 1.69 bits per heavy atom. The van der Waals surface area contributed by atoms with E-state index >= 15 is 0 Å². The average molecular weight is 700 g/mol. The van der Waals surface area contributed by atoms with Crippen LogP contribution < -0.4 is 0 Å². The summed E-state index contributed by atoms with van der Waals surface area (Å²) in [7, 11) is 0. The van der Waals surface area contributed by atoms with E-state index in [9.17, 15) is 0 Å². The maximum absolute atomic E-state index is 5.34. The highest BCUT2D eigenvalue weighted by atomic mass is 15.0. The Hall–Kier alpha value is -7.36. The average Bonchev–Trinajstić information content (AvgIpc) is 3.58. The molecule has 2 heterocycles. The minimum atomic E-state index is 0.702. The standard InChI is InChI=1S/C52H33N3/c1-2-10-34(11-3-1)36-18-21-37(22-19-36)51-47-32-43(42-23-20-35-12-4-5-13-39(35)30-42)26-29-48(47)53-52(54-51)38-24-27-44(28-25-38)55-49-17-9-8-16-45(49)46-31-40-14-6-7-15-41(40)33-50(46)55/h1-33H. The minimum absolute atomic E-state index is 0.702. The van der Waals surface area contributed by atoms with Gasteiger partial charge in [0.1, 0.15) is 0 Å². The molecule has 0 aliphatic heterocycles. The zero-order valence-electron chi connectivity index (χ0n) is 29.9. The van der Waals surface area contributed by atoms with Crippen molar-refractivity contribution in [1.29, 1.82) is 0 Å². The number of nitrogens with zero attached hydrogens (tertiary/aromatic N) is 3. The van der Waals surface area contributed by atoms with Crippen LogP contribution in [0.4, 0.5) is 0 Å². The van der Waals surface area contributed by atoms with Crippen molar-refractivity contribution >= 4 is 54.3 Å². The van der Waals surface area contributed by atoms with Gasteiger partial charge in [-0.15, -0.1) is 0 Å². The molecule has 2 aromatic heterocycles.